The Kier molecular flexibility index (Phi) is 6.14. The van der Waals surface area contributed by atoms with Crippen LogP contribution < -0.4 is 0 Å². The van der Waals surface area contributed by atoms with Gasteiger partial charge in [0.25, 0.3) is 5.91 Å². The molecule has 0 radical (unpaired) electrons. The van der Waals surface area contributed by atoms with Crippen molar-refractivity contribution in [2.75, 3.05) is 0 Å². The predicted molar refractivity (Wildman–Crippen MR) is 97.4 cm³/mol. The number of rotatable bonds is 6. The number of carbonyl (C=O) groups is 3. The molecule has 6 nitrogen and oxygen atoms in total. The number of nitrogens with zero attached hydrogens (tertiary/aromatic N) is 1. The van der Waals surface area contributed by atoms with Crippen molar-refractivity contribution >= 4 is 68.2 Å². The Hall–Kier alpha value is -1.71. The molecule has 1 aliphatic rings. The van der Waals surface area contributed by atoms with Crippen LogP contribution in [0.2, 0.25) is 0 Å². The van der Waals surface area contributed by atoms with E-state index >= 15 is 0 Å². The first-order valence-electron chi connectivity index (χ1n) is 6.77. The standard InChI is InChI=1S/C15H12BrNO5S2/c16-9-3-1-2-8(6-9)7-11-13(20)17(15(23)24-11)10(14(21)22)4-5-12(18)19/h1-3,6-7,10H,4-5H2,(H,18,19)(H,21,22)/b11-7-/t10-/m1/s1. The summed E-state index contributed by atoms with van der Waals surface area (Å²) in [6.45, 7) is 0. The molecule has 0 aliphatic carbocycles. The number of thiocarbonyl (C=S) groups is 1. The summed E-state index contributed by atoms with van der Waals surface area (Å²) in [7, 11) is 0. The van der Waals surface area contributed by atoms with Crippen molar-refractivity contribution in [3.63, 3.8) is 0 Å². The van der Waals surface area contributed by atoms with Gasteiger partial charge >= 0.3 is 11.9 Å². The summed E-state index contributed by atoms with van der Waals surface area (Å²) in [5, 5.41) is 18.1. The normalized spacial score (nSPS) is 17.4. The van der Waals surface area contributed by atoms with E-state index < -0.39 is 23.9 Å². The molecule has 24 heavy (non-hydrogen) atoms. The number of carboxylic acid groups (broad SMARTS) is 2. The molecule has 0 spiro atoms. The third kappa shape index (κ3) is 4.43. The summed E-state index contributed by atoms with van der Waals surface area (Å²) >= 11 is 9.46. The Balaban J connectivity index is 2.26. The van der Waals surface area contributed by atoms with Gasteiger partial charge in [-0.05, 0) is 30.2 Å². The molecule has 1 aromatic rings. The molecule has 9 heteroatoms. The van der Waals surface area contributed by atoms with Gasteiger partial charge in [0.2, 0.25) is 0 Å². The number of aliphatic carboxylic acids is 2. The van der Waals surface area contributed by atoms with Crippen molar-refractivity contribution in [3.8, 4) is 0 Å². The first-order chi connectivity index (χ1) is 11.3. The smallest absolute Gasteiger partial charge is 0.326 e. The zero-order valence-corrected chi connectivity index (χ0v) is 15.4. The highest BCUT2D eigenvalue weighted by molar-refractivity contribution is 9.10. The Morgan fingerprint density at radius 1 is 1.38 bits per heavy atom. The molecule has 2 rings (SSSR count). The minimum atomic E-state index is -1.29. The Bertz CT molecular complexity index is 749. The molecule has 1 aliphatic heterocycles. The molecule has 2 N–H and O–H groups in total. The lowest BCUT2D eigenvalue weighted by Gasteiger charge is -2.22. The minimum Gasteiger partial charge on any atom is -0.481 e. The predicted octanol–water partition coefficient (Wildman–Crippen LogP) is 2.97. The number of carboxylic acids is 2. The number of halogens is 1. The van der Waals surface area contributed by atoms with E-state index in [-0.39, 0.29) is 17.2 Å². The lowest BCUT2D eigenvalue weighted by atomic mass is 10.1. The van der Waals surface area contributed by atoms with Gasteiger partial charge in [0.1, 0.15) is 10.4 Å². The van der Waals surface area contributed by atoms with Crippen molar-refractivity contribution in [1.29, 1.82) is 0 Å². The van der Waals surface area contributed by atoms with Gasteiger partial charge in [0, 0.05) is 10.9 Å². The van der Waals surface area contributed by atoms with E-state index in [1.165, 1.54) is 0 Å². The van der Waals surface area contributed by atoms with E-state index in [0.29, 0.717) is 4.91 Å². The van der Waals surface area contributed by atoms with Crippen LogP contribution in [0.3, 0.4) is 0 Å². The lowest BCUT2D eigenvalue weighted by molar-refractivity contribution is -0.146. The molecule has 0 aromatic heterocycles. The SMILES string of the molecule is O=C(O)CC[C@H](C(=O)O)N1C(=O)/C(=C/c2cccc(Br)c2)SC1=S. The molecular weight excluding hydrogens is 418 g/mol. The van der Waals surface area contributed by atoms with E-state index in [0.717, 1.165) is 26.7 Å². The fourth-order valence-corrected chi connectivity index (χ4v) is 3.89. The van der Waals surface area contributed by atoms with E-state index in [4.69, 9.17) is 17.3 Å². The van der Waals surface area contributed by atoms with Gasteiger partial charge in [-0.3, -0.25) is 14.5 Å². The quantitative estimate of drug-likeness (QED) is 0.529. The number of amides is 1. The van der Waals surface area contributed by atoms with E-state index in [9.17, 15) is 19.5 Å². The van der Waals surface area contributed by atoms with Crippen molar-refractivity contribution in [2.24, 2.45) is 0 Å². The molecule has 0 saturated carbocycles. The first kappa shape index (κ1) is 18.6. The third-order valence-electron chi connectivity index (χ3n) is 3.20. The monoisotopic (exact) mass is 429 g/mol. The van der Waals surface area contributed by atoms with Gasteiger partial charge in [-0.15, -0.1) is 0 Å². The largest absolute Gasteiger partial charge is 0.481 e. The van der Waals surface area contributed by atoms with Gasteiger partial charge in [0.15, 0.2) is 0 Å². The summed E-state index contributed by atoms with van der Waals surface area (Å²) in [4.78, 5) is 35.9. The topological polar surface area (TPSA) is 94.9 Å². The summed E-state index contributed by atoms with van der Waals surface area (Å²) in [6, 6.07) is 5.97. The zero-order valence-electron chi connectivity index (χ0n) is 12.1. The summed E-state index contributed by atoms with van der Waals surface area (Å²) in [5.74, 6) is -2.93. The van der Waals surface area contributed by atoms with Gasteiger partial charge in [-0.2, -0.15) is 0 Å². The molecule has 1 fully saturated rings. The van der Waals surface area contributed by atoms with Gasteiger partial charge < -0.3 is 10.2 Å². The highest BCUT2D eigenvalue weighted by atomic mass is 79.9. The van der Waals surface area contributed by atoms with E-state index in [1.54, 1.807) is 12.1 Å². The van der Waals surface area contributed by atoms with Crippen LogP contribution in [0.25, 0.3) is 6.08 Å². The highest BCUT2D eigenvalue weighted by Gasteiger charge is 2.40. The maximum Gasteiger partial charge on any atom is 0.326 e. The molecular formula is C15H12BrNO5S2. The van der Waals surface area contributed by atoms with Crippen molar-refractivity contribution < 1.29 is 24.6 Å². The molecule has 1 heterocycles. The number of hydrogen-bond donors (Lipinski definition) is 2. The van der Waals surface area contributed by atoms with Crippen molar-refractivity contribution in [2.45, 2.75) is 18.9 Å². The second-order valence-electron chi connectivity index (χ2n) is 4.89. The Labute approximate surface area is 155 Å². The maximum absolute atomic E-state index is 12.5. The van der Waals surface area contributed by atoms with Crippen LogP contribution in [0.1, 0.15) is 18.4 Å². The number of hydrogen-bond acceptors (Lipinski definition) is 5. The van der Waals surface area contributed by atoms with Gasteiger partial charge in [-0.1, -0.05) is 52.0 Å². The van der Waals surface area contributed by atoms with E-state index in [2.05, 4.69) is 15.9 Å². The summed E-state index contributed by atoms with van der Waals surface area (Å²) in [5.41, 5.74) is 0.766. The molecule has 1 atom stereocenters. The Morgan fingerprint density at radius 3 is 2.67 bits per heavy atom. The second kappa shape index (κ2) is 7.91. The lowest BCUT2D eigenvalue weighted by Crippen LogP contribution is -2.44. The average molecular weight is 430 g/mol. The van der Waals surface area contributed by atoms with Crippen molar-refractivity contribution in [3.05, 3.63) is 39.2 Å². The van der Waals surface area contributed by atoms with Crippen LogP contribution in [0.15, 0.2) is 33.6 Å². The molecule has 0 bridgehead atoms. The van der Waals surface area contributed by atoms with Gasteiger partial charge in [0.05, 0.1) is 4.91 Å². The Morgan fingerprint density at radius 2 is 2.08 bits per heavy atom. The van der Waals surface area contributed by atoms with Crippen LogP contribution in [0.4, 0.5) is 0 Å². The maximum atomic E-state index is 12.5. The van der Waals surface area contributed by atoms with Crippen LogP contribution in [0.5, 0.6) is 0 Å². The van der Waals surface area contributed by atoms with Crippen LogP contribution in [-0.2, 0) is 14.4 Å². The minimum absolute atomic E-state index is 0.110. The van der Waals surface area contributed by atoms with Crippen LogP contribution >= 0.6 is 39.9 Å². The molecule has 126 valence electrons. The van der Waals surface area contributed by atoms with Crippen LogP contribution in [-0.4, -0.2) is 43.3 Å². The average Bonchev–Trinajstić information content (AvgIpc) is 2.74. The molecule has 0 unspecified atom stereocenters. The number of carbonyl (C=O) groups excluding carboxylic acids is 1. The fourth-order valence-electron chi connectivity index (χ4n) is 2.12. The zero-order chi connectivity index (χ0) is 17.9. The van der Waals surface area contributed by atoms with Crippen LogP contribution in [0, 0.1) is 0 Å². The second-order valence-corrected chi connectivity index (χ2v) is 7.48. The highest BCUT2D eigenvalue weighted by Crippen LogP contribution is 2.35. The summed E-state index contributed by atoms with van der Waals surface area (Å²) in [6.07, 6.45) is 1.06. The fraction of sp³-hybridized carbons (Fsp3) is 0.200. The molecule has 1 aromatic carbocycles. The number of benzene rings is 1. The van der Waals surface area contributed by atoms with Crippen molar-refractivity contribution in [1.82, 2.24) is 4.90 Å². The molecule has 1 saturated heterocycles. The summed E-state index contributed by atoms with van der Waals surface area (Å²) < 4.78 is 0.954. The molecule has 1 amide bonds. The third-order valence-corrected chi connectivity index (χ3v) is 5.02. The van der Waals surface area contributed by atoms with E-state index in [1.807, 2.05) is 18.2 Å². The first-order valence-corrected chi connectivity index (χ1v) is 8.78. The van der Waals surface area contributed by atoms with Gasteiger partial charge in [-0.25, -0.2) is 4.79 Å². The number of thioether (sulfide) groups is 1.